The van der Waals surface area contributed by atoms with E-state index in [0.717, 1.165) is 0 Å². The van der Waals surface area contributed by atoms with Crippen molar-refractivity contribution in [3.63, 3.8) is 0 Å². The van der Waals surface area contributed by atoms with E-state index in [0.29, 0.717) is 18.7 Å². The van der Waals surface area contributed by atoms with E-state index in [9.17, 15) is 8.42 Å². The number of sulfonamides is 1. The predicted molar refractivity (Wildman–Crippen MR) is 70.8 cm³/mol. The lowest BCUT2D eigenvalue weighted by molar-refractivity contribution is 0.0957. The van der Waals surface area contributed by atoms with Crippen molar-refractivity contribution < 1.29 is 13.2 Å². The number of hydrogen-bond donors (Lipinski definition) is 3. The number of nitrogens with two attached hydrogens (primary N) is 1. The zero-order valence-corrected chi connectivity index (χ0v) is 11.7. The maximum Gasteiger partial charge on any atom is 0.244 e. The Kier molecular flexibility index (Phi) is 3.77. The number of nitrogens with zero attached hydrogens (tertiary/aromatic N) is 1. The van der Waals surface area contributed by atoms with Crippen LogP contribution < -0.4 is 16.0 Å². The minimum absolute atomic E-state index is 0.0258. The van der Waals surface area contributed by atoms with Crippen molar-refractivity contribution in [2.75, 3.05) is 12.0 Å². The third-order valence-electron chi connectivity index (χ3n) is 3.48. The van der Waals surface area contributed by atoms with Crippen LogP contribution in [0.5, 0.6) is 0 Å². The molecule has 106 valence electrons. The van der Waals surface area contributed by atoms with E-state index >= 15 is 0 Å². The molecule has 1 saturated heterocycles. The van der Waals surface area contributed by atoms with Gasteiger partial charge in [-0.25, -0.2) is 13.1 Å². The lowest BCUT2D eigenvalue weighted by atomic mass is 9.97. The van der Waals surface area contributed by atoms with Gasteiger partial charge in [-0.3, -0.25) is 10.8 Å². The standard InChI is InChI=1S/C11H18N4O3S/c1-8-11(2,4-6-18-8)15-19(16,17)10-7-13-5-3-9(10)14-12/h3,5,7-8,15H,4,6,12H2,1-2H3,(H,13,14). The first-order valence-electron chi connectivity index (χ1n) is 5.95. The van der Waals surface area contributed by atoms with Crippen LogP contribution >= 0.6 is 0 Å². The number of rotatable bonds is 4. The van der Waals surface area contributed by atoms with Gasteiger partial charge < -0.3 is 10.2 Å². The average molecular weight is 286 g/mol. The largest absolute Gasteiger partial charge is 0.376 e. The van der Waals surface area contributed by atoms with Crippen molar-refractivity contribution in [2.45, 2.75) is 36.8 Å². The maximum absolute atomic E-state index is 12.4. The summed E-state index contributed by atoms with van der Waals surface area (Å²) in [6, 6.07) is 1.51. The van der Waals surface area contributed by atoms with Gasteiger partial charge in [0.1, 0.15) is 4.90 Å². The quantitative estimate of drug-likeness (QED) is 0.540. The summed E-state index contributed by atoms with van der Waals surface area (Å²) in [7, 11) is -3.71. The smallest absolute Gasteiger partial charge is 0.244 e. The second-order valence-electron chi connectivity index (χ2n) is 4.80. The molecule has 1 aromatic heterocycles. The van der Waals surface area contributed by atoms with Gasteiger partial charge in [0.15, 0.2) is 0 Å². The summed E-state index contributed by atoms with van der Waals surface area (Å²) in [5, 5.41) is 0. The molecule has 0 bridgehead atoms. The molecule has 2 heterocycles. The van der Waals surface area contributed by atoms with Gasteiger partial charge in [-0.1, -0.05) is 0 Å². The van der Waals surface area contributed by atoms with E-state index in [2.05, 4.69) is 15.1 Å². The topological polar surface area (TPSA) is 106 Å². The molecular weight excluding hydrogens is 268 g/mol. The summed E-state index contributed by atoms with van der Waals surface area (Å²) in [6.07, 6.45) is 3.17. The van der Waals surface area contributed by atoms with Crippen LogP contribution in [0, 0.1) is 0 Å². The van der Waals surface area contributed by atoms with Gasteiger partial charge in [0.2, 0.25) is 10.0 Å². The molecule has 0 aliphatic carbocycles. The fourth-order valence-electron chi connectivity index (χ4n) is 2.04. The van der Waals surface area contributed by atoms with Gasteiger partial charge in [-0.2, -0.15) is 0 Å². The average Bonchev–Trinajstić information content (AvgIpc) is 2.68. The van der Waals surface area contributed by atoms with Crippen molar-refractivity contribution in [1.82, 2.24) is 9.71 Å². The van der Waals surface area contributed by atoms with Gasteiger partial charge >= 0.3 is 0 Å². The number of ether oxygens (including phenoxy) is 1. The van der Waals surface area contributed by atoms with E-state index in [1.165, 1.54) is 18.5 Å². The molecule has 2 unspecified atom stereocenters. The number of hydrogen-bond acceptors (Lipinski definition) is 6. The Morgan fingerprint density at radius 1 is 1.58 bits per heavy atom. The molecule has 2 atom stereocenters. The van der Waals surface area contributed by atoms with Crippen molar-refractivity contribution in [3.8, 4) is 0 Å². The third-order valence-corrected chi connectivity index (χ3v) is 5.12. The molecule has 1 aliphatic heterocycles. The van der Waals surface area contributed by atoms with E-state index in [4.69, 9.17) is 10.6 Å². The van der Waals surface area contributed by atoms with Crippen molar-refractivity contribution in [3.05, 3.63) is 18.5 Å². The second-order valence-corrected chi connectivity index (χ2v) is 6.45. The van der Waals surface area contributed by atoms with Crippen LogP contribution in [-0.2, 0) is 14.8 Å². The molecule has 0 spiro atoms. The highest BCUT2D eigenvalue weighted by Gasteiger charge is 2.41. The van der Waals surface area contributed by atoms with Crippen molar-refractivity contribution in [1.29, 1.82) is 0 Å². The third kappa shape index (κ3) is 2.71. The van der Waals surface area contributed by atoms with Crippen LogP contribution in [-0.4, -0.2) is 31.7 Å². The number of pyridine rings is 1. The molecule has 1 fully saturated rings. The second kappa shape index (κ2) is 5.04. The zero-order chi connectivity index (χ0) is 14.1. The Hall–Kier alpha value is -1.22. The number of anilines is 1. The molecule has 1 aromatic rings. The molecule has 0 radical (unpaired) electrons. The fourth-order valence-corrected chi connectivity index (χ4v) is 3.65. The van der Waals surface area contributed by atoms with Crippen molar-refractivity contribution >= 4 is 15.7 Å². The summed E-state index contributed by atoms with van der Waals surface area (Å²) >= 11 is 0. The first-order chi connectivity index (χ1) is 8.89. The molecule has 0 aromatic carbocycles. The summed E-state index contributed by atoms with van der Waals surface area (Å²) < 4.78 is 32.9. The Morgan fingerprint density at radius 2 is 2.32 bits per heavy atom. The van der Waals surface area contributed by atoms with Crippen molar-refractivity contribution in [2.24, 2.45) is 5.84 Å². The van der Waals surface area contributed by atoms with Gasteiger partial charge in [0.25, 0.3) is 0 Å². The number of hydrazine groups is 1. The Balaban J connectivity index is 2.33. The Bertz CT molecular complexity index is 563. The van der Waals surface area contributed by atoms with E-state index < -0.39 is 15.6 Å². The Morgan fingerprint density at radius 3 is 2.89 bits per heavy atom. The maximum atomic E-state index is 12.4. The van der Waals surface area contributed by atoms with Crippen LogP contribution in [0.25, 0.3) is 0 Å². The molecule has 4 N–H and O–H groups in total. The highest BCUT2D eigenvalue weighted by atomic mass is 32.2. The van der Waals surface area contributed by atoms with Crippen LogP contribution in [0.1, 0.15) is 20.3 Å². The normalized spacial score (nSPS) is 27.4. The van der Waals surface area contributed by atoms with E-state index in [1.807, 2.05) is 13.8 Å². The van der Waals surface area contributed by atoms with Gasteiger partial charge in [0.05, 0.1) is 17.3 Å². The van der Waals surface area contributed by atoms with E-state index in [-0.39, 0.29) is 11.0 Å². The van der Waals surface area contributed by atoms with Crippen LogP contribution in [0.3, 0.4) is 0 Å². The van der Waals surface area contributed by atoms with Crippen LogP contribution in [0.2, 0.25) is 0 Å². The summed E-state index contributed by atoms with van der Waals surface area (Å²) in [5.41, 5.74) is 2.04. The number of nitrogen functional groups attached to an aromatic ring is 1. The monoisotopic (exact) mass is 286 g/mol. The highest BCUT2D eigenvalue weighted by molar-refractivity contribution is 7.89. The molecule has 19 heavy (non-hydrogen) atoms. The minimum atomic E-state index is -3.71. The lowest BCUT2D eigenvalue weighted by Crippen LogP contribution is -2.50. The minimum Gasteiger partial charge on any atom is -0.376 e. The lowest BCUT2D eigenvalue weighted by Gasteiger charge is -2.28. The summed E-state index contributed by atoms with van der Waals surface area (Å²) in [5.74, 6) is 5.32. The Labute approximate surface area is 112 Å². The molecule has 8 heteroatoms. The summed E-state index contributed by atoms with van der Waals surface area (Å²) in [6.45, 7) is 4.21. The highest BCUT2D eigenvalue weighted by Crippen LogP contribution is 2.28. The van der Waals surface area contributed by atoms with Gasteiger partial charge in [-0.15, -0.1) is 0 Å². The molecule has 2 rings (SSSR count). The number of aromatic nitrogens is 1. The zero-order valence-electron chi connectivity index (χ0n) is 10.9. The van der Waals surface area contributed by atoms with E-state index in [1.54, 1.807) is 0 Å². The fraction of sp³-hybridized carbons (Fsp3) is 0.545. The molecule has 0 saturated carbocycles. The van der Waals surface area contributed by atoms with Gasteiger partial charge in [0, 0.05) is 19.0 Å². The van der Waals surface area contributed by atoms with Crippen LogP contribution in [0.15, 0.2) is 23.4 Å². The molecule has 0 amide bonds. The summed E-state index contributed by atoms with van der Waals surface area (Å²) in [4.78, 5) is 3.86. The SMILES string of the molecule is CC1OCCC1(C)NS(=O)(=O)c1cnccc1NN. The first kappa shape index (κ1) is 14.2. The molecule has 7 nitrogen and oxygen atoms in total. The molecule has 1 aliphatic rings. The first-order valence-corrected chi connectivity index (χ1v) is 7.43. The molecular formula is C11H18N4O3S. The van der Waals surface area contributed by atoms with Crippen LogP contribution in [0.4, 0.5) is 5.69 Å². The van der Waals surface area contributed by atoms with Gasteiger partial charge in [-0.05, 0) is 26.3 Å². The number of nitrogens with one attached hydrogen (secondary N) is 2. The predicted octanol–water partition coefficient (Wildman–Crippen LogP) is 0.213.